The minimum atomic E-state index is -4.24. The van der Waals surface area contributed by atoms with E-state index in [0.717, 1.165) is 4.90 Å². The van der Waals surface area contributed by atoms with Gasteiger partial charge in [-0.05, 0) is 24.3 Å². The maximum Gasteiger partial charge on any atom is 0.274 e. The molecule has 3 aromatic rings. The van der Waals surface area contributed by atoms with E-state index in [1.165, 1.54) is 17.0 Å². The minimum absolute atomic E-state index is 0.156. The Morgan fingerprint density at radius 1 is 0.871 bits per heavy atom. The van der Waals surface area contributed by atoms with Crippen LogP contribution in [-0.4, -0.2) is 26.0 Å². The number of halogens is 1. The fourth-order valence-electron chi connectivity index (χ4n) is 4.42. The summed E-state index contributed by atoms with van der Waals surface area (Å²) in [4.78, 5) is 26.9. The molecule has 0 bridgehead atoms. The molecule has 0 N–H and O–H groups in total. The first-order valence-corrected chi connectivity index (χ1v) is 11.3. The molecule has 1 fully saturated rings. The van der Waals surface area contributed by atoms with Crippen LogP contribution >= 0.6 is 0 Å². The van der Waals surface area contributed by atoms with Crippen molar-refractivity contribution in [1.82, 2.24) is 0 Å². The number of para-hydroxylation sites is 2. The molecule has 5 rings (SSSR count). The van der Waals surface area contributed by atoms with Gasteiger partial charge >= 0.3 is 0 Å². The molecule has 1 spiro atoms. The van der Waals surface area contributed by atoms with Gasteiger partial charge in [-0.2, -0.15) is 0 Å². The minimum Gasteiger partial charge on any atom is -0.304 e. The zero-order valence-electron chi connectivity index (χ0n) is 16.2. The summed E-state index contributed by atoms with van der Waals surface area (Å²) in [6.45, 7) is -0.156. The zero-order valence-corrected chi connectivity index (χ0v) is 17.0. The highest BCUT2D eigenvalue weighted by atomic mass is 32.2. The first-order valence-electron chi connectivity index (χ1n) is 9.63. The molecule has 156 valence electrons. The first-order chi connectivity index (χ1) is 14.9. The zero-order chi connectivity index (χ0) is 21.8. The Kier molecular flexibility index (Phi) is 4.23. The number of hydrogen-bond acceptors (Lipinski definition) is 4. The topological polar surface area (TPSA) is 74.8 Å². The molecule has 8 heteroatoms. The molecule has 0 saturated carbocycles. The van der Waals surface area contributed by atoms with Crippen LogP contribution < -0.4 is 9.80 Å². The Labute approximate surface area is 178 Å². The van der Waals surface area contributed by atoms with Gasteiger partial charge < -0.3 is 4.90 Å². The number of sulfone groups is 1. The number of benzene rings is 3. The number of carbonyl (C=O) groups excluding carboxylic acids is 2. The highest BCUT2D eigenvalue weighted by Gasteiger charge is 2.69. The van der Waals surface area contributed by atoms with Crippen LogP contribution in [0.5, 0.6) is 0 Å². The van der Waals surface area contributed by atoms with Gasteiger partial charge in [0.1, 0.15) is 11.6 Å². The largest absolute Gasteiger partial charge is 0.304 e. The van der Waals surface area contributed by atoms with Crippen molar-refractivity contribution in [3.63, 3.8) is 0 Å². The normalized spacial score (nSPS) is 21.7. The highest BCUT2D eigenvalue weighted by Crippen LogP contribution is 2.52. The van der Waals surface area contributed by atoms with Crippen LogP contribution in [0.25, 0.3) is 0 Å². The highest BCUT2D eigenvalue weighted by molar-refractivity contribution is 7.94. The molecule has 3 aromatic carbocycles. The quantitative estimate of drug-likeness (QED) is 0.633. The number of fused-ring (bicyclic) bond motifs is 2. The molecule has 0 aliphatic carbocycles. The van der Waals surface area contributed by atoms with Gasteiger partial charge in [0.25, 0.3) is 10.8 Å². The summed E-state index contributed by atoms with van der Waals surface area (Å²) in [5.41, 5.74) is 1.10. The molecular formula is C23H17FN2O4S. The Bertz CT molecular complexity index is 1330. The van der Waals surface area contributed by atoms with E-state index in [1.807, 2.05) is 0 Å². The van der Waals surface area contributed by atoms with Crippen molar-refractivity contribution >= 4 is 33.0 Å². The molecule has 2 aliphatic rings. The van der Waals surface area contributed by atoms with Crippen LogP contribution in [0.1, 0.15) is 11.1 Å². The molecule has 1 atom stereocenters. The van der Waals surface area contributed by atoms with Gasteiger partial charge in [-0.1, -0.05) is 54.6 Å². The predicted octanol–water partition coefficient (Wildman–Crippen LogP) is 2.99. The lowest BCUT2D eigenvalue weighted by molar-refractivity contribution is -0.123. The van der Waals surface area contributed by atoms with Crippen molar-refractivity contribution in [2.75, 3.05) is 15.6 Å². The van der Waals surface area contributed by atoms with Gasteiger partial charge in [0, 0.05) is 16.8 Å². The van der Waals surface area contributed by atoms with Crippen molar-refractivity contribution < 1.29 is 22.4 Å². The lowest BCUT2D eigenvalue weighted by Gasteiger charge is -2.32. The summed E-state index contributed by atoms with van der Waals surface area (Å²) in [6.07, 6.45) is 0. The monoisotopic (exact) mass is 436 g/mol. The van der Waals surface area contributed by atoms with E-state index < -0.39 is 38.1 Å². The van der Waals surface area contributed by atoms with Crippen molar-refractivity contribution in [2.24, 2.45) is 0 Å². The number of anilines is 2. The number of carbonyl (C=O) groups is 2. The Morgan fingerprint density at radius 2 is 1.52 bits per heavy atom. The van der Waals surface area contributed by atoms with E-state index >= 15 is 0 Å². The van der Waals surface area contributed by atoms with Crippen molar-refractivity contribution in [1.29, 1.82) is 0 Å². The fourth-order valence-corrected chi connectivity index (χ4v) is 6.46. The molecule has 0 unspecified atom stereocenters. The molecule has 1 saturated heterocycles. The van der Waals surface area contributed by atoms with Gasteiger partial charge in [-0.3, -0.25) is 14.5 Å². The van der Waals surface area contributed by atoms with Gasteiger partial charge in [0.05, 0.1) is 12.2 Å². The summed E-state index contributed by atoms with van der Waals surface area (Å²) in [5, 5.41) is 0. The van der Waals surface area contributed by atoms with Gasteiger partial charge in [-0.25, -0.2) is 12.8 Å². The van der Waals surface area contributed by atoms with Gasteiger partial charge in [0.15, 0.2) is 9.84 Å². The Morgan fingerprint density at radius 3 is 2.26 bits per heavy atom. The maximum atomic E-state index is 14.3. The lowest BCUT2D eigenvalue weighted by Crippen LogP contribution is -2.54. The van der Waals surface area contributed by atoms with Gasteiger partial charge in [-0.15, -0.1) is 0 Å². The smallest absolute Gasteiger partial charge is 0.274 e. The second kappa shape index (κ2) is 6.75. The summed E-state index contributed by atoms with van der Waals surface area (Å²) >= 11 is 0. The van der Waals surface area contributed by atoms with E-state index in [-0.39, 0.29) is 17.7 Å². The first kappa shape index (κ1) is 19.4. The lowest BCUT2D eigenvalue weighted by atomic mass is 10.0. The summed E-state index contributed by atoms with van der Waals surface area (Å²) in [7, 11) is -4.24. The van der Waals surface area contributed by atoms with Crippen molar-refractivity contribution in [3.8, 4) is 0 Å². The average molecular weight is 436 g/mol. The van der Waals surface area contributed by atoms with Crippen molar-refractivity contribution in [3.05, 3.63) is 95.8 Å². The SMILES string of the molecule is O=C1CS(=O)(=O)[C@]2(C(=O)N(Cc3ccccc3F)c3ccccc32)N1c1ccccc1. The molecule has 0 aromatic heterocycles. The number of nitrogens with zero attached hydrogens (tertiary/aromatic N) is 2. The Balaban J connectivity index is 1.75. The average Bonchev–Trinajstić information content (AvgIpc) is 3.13. The third kappa shape index (κ3) is 2.58. The van der Waals surface area contributed by atoms with E-state index in [0.29, 0.717) is 11.4 Å². The van der Waals surface area contributed by atoms with E-state index in [4.69, 9.17) is 0 Å². The van der Waals surface area contributed by atoms with E-state index in [1.54, 1.807) is 66.7 Å². The molecule has 6 nitrogen and oxygen atoms in total. The second-order valence-electron chi connectivity index (χ2n) is 7.47. The fraction of sp³-hybridized carbons (Fsp3) is 0.130. The van der Waals surface area contributed by atoms with Gasteiger partial charge in [0.2, 0.25) is 5.91 Å². The number of rotatable bonds is 3. The number of hydrogen-bond donors (Lipinski definition) is 0. The molecule has 0 radical (unpaired) electrons. The Hall–Kier alpha value is -3.52. The van der Waals surface area contributed by atoms with Crippen LogP contribution in [0, 0.1) is 5.82 Å². The molecule has 2 aliphatic heterocycles. The standard InChI is InChI=1S/C23H17FN2O4S/c24-19-12-6-4-8-16(19)14-25-20-13-7-5-11-18(20)23(22(25)28)26(17-9-2-1-3-10-17)21(27)15-31(23,29)30/h1-13H,14-15H2/t23-/m1/s1. The van der Waals surface area contributed by atoms with E-state index in [9.17, 15) is 22.4 Å². The maximum absolute atomic E-state index is 14.3. The summed E-state index contributed by atoms with van der Waals surface area (Å²) < 4.78 is 41.2. The molecule has 2 amide bonds. The molecule has 2 heterocycles. The summed E-state index contributed by atoms with van der Waals surface area (Å²) in [5.74, 6) is -2.75. The van der Waals surface area contributed by atoms with E-state index in [2.05, 4.69) is 0 Å². The van der Waals surface area contributed by atoms with Crippen LogP contribution in [0.4, 0.5) is 15.8 Å². The third-order valence-electron chi connectivity index (χ3n) is 5.72. The summed E-state index contributed by atoms with van der Waals surface area (Å²) in [6, 6.07) is 20.7. The van der Waals surface area contributed by atoms with Crippen LogP contribution in [0.3, 0.4) is 0 Å². The second-order valence-corrected chi connectivity index (χ2v) is 9.58. The van der Waals surface area contributed by atoms with Crippen LogP contribution in [-0.2, 0) is 30.8 Å². The third-order valence-corrected chi connectivity index (χ3v) is 7.83. The predicted molar refractivity (Wildman–Crippen MR) is 113 cm³/mol. The number of amides is 2. The molecular weight excluding hydrogens is 419 g/mol. The van der Waals surface area contributed by atoms with Crippen molar-refractivity contribution in [2.45, 2.75) is 11.4 Å². The van der Waals surface area contributed by atoms with Crippen LogP contribution in [0.15, 0.2) is 78.9 Å². The molecule has 31 heavy (non-hydrogen) atoms. The van der Waals surface area contributed by atoms with Crippen LogP contribution in [0.2, 0.25) is 0 Å².